The third-order valence-electron chi connectivity index (χ3n) is 1.21. The van der Waals surface area contributed by atoms with Crippen molar-refractivity contribution in [2.75, 3.05) is 0 Å². The minimum absolute atomic E-state index is 0.0434. The first kappa shape index (κ1) is 8.49. The molecule has 2 N–H and O–H groups in total. The predicted octanol–water partition coefficient (Wildman–Crippen LogP) is -1.29. The molecule has 0 spiro atoms. The van der Waals surface area contributed by atoms with Crippen LogP contribution in [0.3, 0.4) is 0 Å². The molecule has 1 aromatic carbocycles. The van der Waals surface area contributed by atoms with Crippen LogP contribution in [0.1, 0.15) is 5.56 Å². The van der Waals surface area contributed by atoms with Gasteiger partial charge in [-0.3, -0.25) is 0 Å². The Labute approximate surface area is 77.0 Å². The van der Waals surface area contributed by atoms with Gasteiger partial charge in [0.05, 0.1) is 0 Å². The molecule has 0 saturated carbocycles. The van der Waals surface area contributed by atoms with Gasteiger partial charge in [0.15, 0.2) is 0 Å². The molecule has 0 aliphatic heterocycles. The van der Waals surface area contributed by atoms with Crippen molar-refractivity contribution in [3.05, 3.63) is 33.4 Å². The third kappa shape index (κ3) is 2.21. The second-order valence-corrected chi connectivity index (χ2v) is 5.57. The Morgan fingerprint density at radius 1 is 1.50 bits per heavy atom. The van der Waals surface area contributed by atoms with Crippen LogP contribution < -0.4 is 24.7 Å². The molecule has 0 bridgehead atoms. The Morgan fingerprint density at radius 3 is 2.90 bits per heavy atom. The van der Waals surface area contributed by atoms with Crippen molar-refractivity contribution in [3.8, 4) is 0 Å². The molecular formula is C7H8BrIN-. The summed E-state index contributed by atoms with van der Waals surface area (Å²) in [5.74, 6) is 0. The van der Waals surface area contributed by atoms with E-state index in [1.807, 2.05) is 0 Å². The van der Waals surface area contributed by atoms with Crippen molar-refractivity contribution in [3.63, 3.8) is 0 Å². The van der Waals surface area contributed by atoms with Gasteiger partial charge < -0.3 is 0 Å². The van der Waals surface area contributed by atoms with Crippen LogP contribution in [0.5, 0.6) is 0 Å². The molecule has 0 heterocycles. The quantitative estimate of drug-likeness (QED) is 0.676. The fraction of sp³-hybridized carbons (Fsp3) is 0.143. The van der Waals surface area contributed by atoms with Crippen LogP contribution in [-0.4, -0.2) is 0 Å². The summed E-state index contributed by atoms with van der Waals surface area (Å²) in [6, 6.07) is 8.39. The van der Waals surface area contributed by atoms with E-state index in [0.717, 1.165) is 0 Å². The number of hydrogen-bond donors (Lipinski definition) is 1. The molecule has 1 aromatic rings. The molecule has 0 unspecified atom stereocenters. The van der Waals surface area contributed by atoms with Crippen molar-refractivity contribution in [2.24, 2.45) is 5.73 Å². The van der Waals surface area contributed by atoms with Gasteiger partial charge in [-0.05, 0) is 0 Å². The van der Waals surface area contributed by atoms with Gasteiger partial charge in [-0.1, -0.05) is 0 Å². The normalized spacial score (nSPS) is 10.2. The van der Waals surface area contributed by atoms with Gasteiger partial charge in [0.1, 0.15) is 0 Å². The zero-order valence-electron chi connectivity index (χ0n) is 5.35. The maximum atomic E-state index is 5.47. The monoisotopic (exact) mass is 312 g/mol. The van der Waals surface area contributed by atoms with E-state index in [0.29, 0.717) is 6.54 Å². The molecule has 56 valence electrons. The van der Waals surface area contributed by atoms with Gasteiger partial charge in [0.2, 0.25) is 0 Å². The molecule has 0 atom stereocenters. The summed E-state index contributed by atoms with van der Waals surface area (Å²) in [6.07, 6.45) is 0. The molecule has 1 rings (SSSR count). The molecule has 0 amide bonds. The van der Waals surface area contributed by atoms with Crippen LogP contribution in [0.25, 0.3) is 0 Å². The summed E-state index contributed by atoms with van der Waals surface area (Å²) >= 11 is 3.53. The number of hydrogen-bond acceptors (Lipinski definition) is 1. The fourth-order valence-electron chi connectivity index (χ4n) is 0.708. The molecule has 0 saturated heterocycles. The molecule has 3 heteroatoms. The molecule has 10 heavy (non-hydrogen) atoms. The maximum absolute atomic E-state index is 5.47. The van der Waals surface area contributed by atoms with Crippen molar-refractivity contribution < 1.29 is 19.0 Å². The Balaban J connectivity index is 2.87. The van der Waals surface area contributed by atoms with E-state index in [1.54, 1.807) is 0 Å². The molecule has 0 aliphatic rings. The van der Waals surface area contributed by atoms with Crippen LogP contribution in [-0.2, 0) is 6.54 Å². The zero-order chi connectivity index (χ0) is 7.40. The van der Waals surface area contributed by atoms with E-state index in [1.165, 1.54) is 9.13 Å². The van der Waals surface area contributed by atoms with E-state index >= 15 is 0 Å². The average molecular weight is 313 g/mol. The second-order valence-electron chi connectivity index (χ2n) is 1.91. The summed E-state index contributed by atoms with van der Waals surface area (Å²) in [4.78, 5) is 0. The van der Waals surface area contributed by atoms with E-state index in [9.17, 15) is 0 Å². The van der Waals surface area contributed by atoms with Crippen LogP contribution >= 0.6 is 12.7 Å². The van der Waals surface area contributed by atoms with Crippen LogP contribution in [0.4, 0.5) is 0 Å². The topological polar surface area (TPSA) is 26.0 Å². The van der Waals surface area contributed by atoms with Gasteiger partial charge in [-0.15, -0.1) is 0 Å². The number of benzene rings is 1. The number of rotatable bonds is 2. The first-order chi connectivity index (χ1) is 4.86. The van der Waals surface area contributed by atoms with E-state index in [2.05, 4.69) is 37.0 Å². The van der Waals surface area contributed by atoms with E-state index in [4.69, 9.17) is 5.73 Å². The standard InChI is InChI=1S/C7H8BrIN/c8-9-7-3-1-2-6(4-7)5-10/h1-4H,5,10H2/q-1. The van der Waals surface area contributed by atoms with Crippen molar-refractivity contribution in [1.82, 2.24) is 0 Å². The van der Waals surface area contributed by atoms with Crippen molar-refractivity contribution >= 4 is 12.7 Å². The number of nitrogens with two attached hydrogens (primary N) is 1. The minimum atomic E-state index is 0.0434. The molecule has 0 radical (unpaired) electrons. The summed E-state index contributed by atoms with van der Waals surface area (Å²) in [5, 5.41) is 0. The molecule has 0 aromatic heterocycles. The van der Waals surface area contributed by atoms with Gasteiger partial charge in [0.25, 0.3) is 0 Å². The van der Waals surface area contributed by atoms with Gasteiger partial charge in [-0.2, -0.15) is 0 Å². The van der Waals surface area contributed by atoms with E-state index in [-0.39, 0.29) is 19.0 Å². The second kappa shape index (κ2) is 4.31. The predicted molar refractivity (Wildman–Crippen MR) is 42.0 cm³/mol. The van der Waals surface area contributed by atoms with Crippen molar-refractivity contribution in [1.29, 1.82) is 0 Å². The summed E-state index contributed by atoms with van der Waals surface area (Å²) in [5.41, 5.74) is 6.69. The van der Waals surface area contributed by atoms with Gasteiger partial charge >= 0.3 is 77.3 Å². The zero-order valence-corrected chi connectivity index (χ0v) is 9.09. The Morgan fingerprint density at radius 2 is 2.30 bits per heavy atom. The Hall–Kier alpha value is 0.390. The Bertz CT molecular complexity index is 195. The first-order valence-corrected chi connectivity index (χ1v) is 8.83. The van der Waals surface area contributed by atoms with Crippen LogP contribution in [0.15, 0.2) is 24.3 Å². The van der Waals surface area contributed by atoms with Crippen LogP contribution in [0, 0.1) is 3.57 Å². The third-order valence-corrected chi connectivity index (χ3v) is 4.67. The molecule has 0 fully saturated rings. The van der Waals surface area contributed by atoms with Crippen LogP contribution in [0.2, 0.25) is 0 Å². The Kier molecular flexibility index (Phi) is 3.65. The first-order valence-electron chi connectivity index (χ1n) is 2.92. The average Bonchev–Trinajstić information content (AvgIpc) is 2.05. The number of halogens is 2. The molecule has 0 aliphatic carbocycles. The SMILES string of the molecule is NCc1cccc([I-]Br)c1. The fourth-order valence-corrected chi connectivity index (χ4v) is 2.82. The van der Waals surface area contributed by atoms with Gasteiger partial charge in [0, 0.05) is 0 Å². The van der Waals surface area contributed by atoms with Crippen molar-refractivity contribution in [2.45, 2.75) is 6.54 Å². The molecular weight excluding hydrogens is 305 g/mol. The summed E-state index contributed by atoms with van der Waals surface area (Å²) in [7, 11) is 0. The summed E-state index contributed by atoms with van der Waals surface area (Å²) < 4.78 is 1.39. The summed E-state index contributed by atoms with van der Waals surface area (Å²) in [6.45, 7) is 0.643. The van der Waals surface area contributed by atoms with Gasteiger partial charge in [-0.25, -0.2) is 0 Å². The van der Waals surface area contributed by atoms with E-state index < -0.39 is 0 Å². The molecule has 1 nitrogen and oxygen atoms in total.